The van der Waals surface area contributed by atoms with Crippen LogP contribution in [0.3, 0.4) is 0 Å². The van der Waals surface area contributed by atoms with Crippen LogP contribution in [-0.4, -0.2) is 15.0 Å². The summed E-state index contributed by atoms with van der Waals surface area (Å²) in [5, 5.41) is 3.40. The van der Waals surface area contributed by atoms with Crippen LogP contribution in [0.4, 0.5) is 0 Å². The van der Waals surface area contributed by atoms with E-state index in [2.05, 4.69) is 45.3 Å². The number of allylic oxidation sites excluding steroid dienone is 4. The molecule has 5 rings (SSSR count). The van der Waals surface area contributed by atoms with Gasteiger partial charge in [0.25, 0.3) is 0 Å². The van der Waals surface area contributed by atoms with Gasteiger partial charge in [-0.3, -0.25) is 4.98 Å². The van der Waals surface area contributed by atoms with Crippen molar-refractivity contribution in [1.29, 1.82) is 0 Å². The van der Waals surface area contributed by atoms with Gasteiger partial charge in [0.1, 0.15) is 10.3 Å². The molecule has 0 N–H and O–H groups in total. The van der Waals surface area contributed by atoms with Crippen LogP contribution in [-0.2, 0) is 12.8 Å². The van der Waals surface area contributed by atoms with Gasteiger partial charge in [-0.15, -0.1) is 0 Å². The third kappa shape index (κ3) is 3.41. The van der Waals surface area contributed by atoms with Crippen LogP contribution in [0.15, 0.2) is 78.9 Å². The Bertz CT molecular complexity index is 1240. The van der Waals surface area contributed by atoms with Crippen LogP contribution >= 0.6 is 23.2 Å². The van der Waals surface area contributed by atoms with Gasteiger partial charge in [0.15, 0.2) is 0 Å². The van der Waals surface area contributed by atoms with E-state index in [0.717, 1.165) is 29.2 Å². The molecule has 0 saturated heterocycles. The van der Waals surface area contributed by atoms with Gasteiger partial charge >= 0.3 is 0 Å². The van der Waals surface area contributed by atoms with Crippen molar-refractivity contribution in [3.63, 3.8) is 0 Å². The first-order valence-corrected chi connectivity index (χ1v) is 10.2. The Morgan fingerprint density at radius 1 is 0.862 bits per heavy atom. The van der Waals surface area contributed by atoms with Crippen molar-refractivity contribution < 1.29 is 0 Å². The van der Waals surface area contributed by atoms with Gasteiger partial charge in [-0.1, -0.05) is 41.4 Å². The normalized spacial score (nSPS) is 16.1. The lowest BCUT2D eigenvalue weighted by molar-refractivity contribution is 0.501. The number of hydrogen-bond acceptors (Lipinski definition) is 3. The first-order valence-electron chi connectivity index (χ1n) is 9.40. The molecular formula is C24H17Cl2N3. The molecule has 0 amide bonds. The van der Waals surface area contributed by atoms with Gasteiger partial charge in [-0.2, -0.15) is 0 Å². The second-order valence-electron chi connectivity index (χ2n) is 7.45. The van der Waals surface area contributed by atoms with Gasteiger partial charge in [-0.25, -0.2) is 9.97 Å². The minimum absolute atomic E-state index is 0.247. The summed E-state index contributed by atoms with van der Waals surface area (Å²) in [6.07, 6.45) is 17.8. The number of aromatic nitrogens is 3. The standard InChI is InChI=1S/C24H17Cl2N3/c25-21-10-16(3-8-28-21)13-24(14-17-4-9-29-22(26)11-17)6-1-2-18-12-19-15-27-7-5-20(19)23(18)24/h1-12,15H,13-14H2. The molecule has 29 heavy (non-hydrogen) atoms. The van der Waals surface area contributed by atoms with Crippen LogP contribution in [0.25, 0.3) is 11.6 Å². The Kier molecular flexibility index (Phi) is 4.57. The maximum atomic E-state index is 6.19. The van der Waals surface area contributed by atoms with Crippen LogP contribution < -0.4 is 10.4 Å². The Balaban J connectivity index is 1.72. The van der Waals surface area contributed by atoms with E-state index < -0.39 is 0 Å². The van der Waals surface area contributed by atoms with E-state index in [4.69, 9.17) is 23.2 Å². The van der Waals surface area contributed by atoms with Crippen LogP contribution in [0.1, 0.15) is 11.1 Å². The second kappa shape index (κ2) is 7.25. The molecule has 0 fully saturated rings. The third-order valence-electron chi connectivity index (χ3n) is 5.53. The van der Waals surface area contributed by atoms with Crippen molar-refractivity contribution >= 4 is 34.9 Å². The number of halogens is 2. The molecule has 3 aromatic heterocycles. The monoisotopic (exact) mass is 417 g/mol. The highest BCUT2D eigenvalue weighted by molar-refractivity contribution is 6.29. The maximum Gasteiger partial charge on any atom is 0.129 e. The molecule has 0 atom stereocenters. The summed E-state index contributed by atoms with van der Waals surface area (Å²) in [6.45, 7) is 0. The Morgan fingerprint density at radius 2 is 1.55 bits per heavy atom. The van der Waals surface area contributed by atoms with E-state index in [1.54, 1.807) is 12.4 Å². The number of nitrogens with zero attached hydrogens (tertiary/aromatic N) is 3. The fourth-order valence-electron chi connectivity index (χ4n) is 4.44. The third-order valence-corrected chi connectivity index (χ3v) is 5.94. The van der Waals surface area contributed by atoms with E-state index >= 15 is 0 Å². The van der Waals surface area contributed by atoms with Crippen molar-refractivity contribution in [3.8, 4) is 0 Å². The molecule has 3 heterocycles. The van der Waals surface area contributed by atoms with E-state index in [1.165, 1.54) is 16.4 Å². The molecule has 142 valence electrons. The van der Waals surface area contributed by atoms with Crippen molar-refractivity contribution in [1.82, 2.24) is 15.0 Å². The number of rotatable bonds is 4. The van der Waals surface area contributed by atoms with Crippen LogP contribution in [0.2, 0.25) is 10.3 Å². The predicted octanol–water partition coefficient (Wildman–Crippen LogP) is 4.09. The highest BCUT2D eigenvalue weighted by Crippen LogP contribution is 2.45. The average Bonchev–Trinajstić information content (AvgIpc) is 3.08. The van der Waals surface area contributed by atoms with E-state index in [9.17, 15) is 0 Å². The molecule has 2 aliphatic carbocycles. The van der Waals surface area contributed by atoms with Gasteiger partial charge in [0.2, 0.25) is 0 Å². The van der Waals surface area contributed by atoms with Gasteiger partial charge in [-0.05, 0) is 76.7 Å². The fraction of sp³-hybridized carbons (Fsp3) is 0.125. The number of pyridine rings is 3. The molecule has 3 nitrogen and oxygen atoms in total. The summed E-state index contributed by atoms with van der Waals surface area (Å²) >= 11 is 12.4. The largest absolute Gasteiger partial charge is 0.264 e. The fourth-order valence-corrected chi connectivity index (χ4v) is 4.83. The van der Waals surface area contributed by atoms with Crippen molar-refractivity contribution in [2.24, 2.45) is 5.41 Å². The average molecular weight is 418 g/mol. The van der Waals surface area contributed by atoms with Crippen molar-refractivity contribution in [2.75, 3.05) is 0 Å². The SMILES string of the molecule is Clc1cc(CC2(Cc3ccnc(Cl)c3)C=CC=C3C=c4cnccc4=C32)ccn1. The molecule has 0 bridgehead atoms. The first kappa shape index (κ1) is 18.3. The lowest BCUT2D eigenvalue weighted by Crippen LogP contribution is -2.34. The Hall–Kier alpha value is -2.75. The molecule has 0 saturated carbocycles. The second-order valence-corrected chi connectivity index (χ2v) is 8.22. The first-order chi connectivity index (χ1) is 14.1. The molecule has 0 unspecified atom stereocenters. The molecule has 0 aliphatic heterocycles. The van der Waals surface area contributed by atoms with E-state index in [1.807, 2.05) is 36.7 Å². The quantitative estimate of drug-likeness (QED) is 0.600. The van der Waals surface area contributed by atoms with E-state index in [0.29, 0.717) is 10.3 Å². The minimum Gasteiger partial charge on any atom is -0.264 e. The summed E-state index contributed by atoms with van der Waals surface area (Å²) in [7, 11) is 0. The highest BCUT2D eigenvalue weighted by atomic mass is 35.5. The highest BCUT2D eigenvalue weighted by Gasteiger charge is 2.37. The number of hydrogen-bond donors (Lipinski definition) is 0. The summed E-state index contributed by atoms with van der Waals surface area (Å²) < 4.78 is 0. The molecule has 0 aromatic carbocycles. The van der Waals surface area contributed by atoms with E-state index in [-0.39, 0.29) is 5.41 Å². The zero-order valence-electron chi connectivity index (χ0n) is 15.5. The minimum atomic E-state index is -0.247. The Labute approximate surface area is 178 Å². The van der Waals surface area contributed by atoms with Crippen molar-refractivity contribution in [2.45, 2.75) is 12.8 Å². The molecule has 2 aliphatic rings. The summed E-state index contributed by atoms with van der Waals surface area (Å²) in [4.78, 5) is 12.6. The molecular weight excluding hydrogens is 401 g/mol. The molecule has 0 spiro atoms. The van der Waals surface area contributed by atoms with Gasteiger partial charge in [0.05, 0.1) is 0 Å². The van der Waals surface area contributed by atoms with Gasteiger partial charge in [0, 0.05) is 35.4 Å². The summed E-state index contributed by atoms with van der Waals surface area (Å²) in [5.41, 5.74) is 4.59. The molecule has 0 radical (unpaired) electrons. The number of fused-ring (bicyclic) bond motifs is 2. The molecule has 3 aromatic rings. The molecule has 5 heteroatoms. The van der Waals surface area contributed by atoms with Crippen LogP contribution in [0, 0.1) is 5.41 Å². The lowest BCUT2D eigenvalue weighted by atomic mass is 9.67. The smallest absolute Gasteiger partial charge is 0.129 e. The zero-order valence-corrected chi connectivity index (χ0v) is 17.0. The Morgan fingerprint density at radius 3 is 2.21 bits per heavy atom. The summed E-state index contributed by atoms with van der Waals surface area (Å²) in [6, 6.07) is 10.1. The predicted molar refractivity (Wildman–Crippen MR) is 117 cm³/mol. The lowest BCUT2D eigenvalue weighted by Gasteiger charge is -2.36. The summed E-state index contributed by atoms with van der Waals surface area (Å²) in [5.74, 6) is 0. The van der Waals surface area contributed by atoms with Gasteiger partial charge < -0.3 is 0 Å². The van der Waals surface area contributed by atoms with Crippen molar-refractivity contribution in [3.05, 3.63) is 111 Å². The topological polar surface area (TPSA) is 38.7 Å². The maximum absolute atomic E-state index is 6.19. The zero-order chi connectivity index (χ0) is 19.8. The van der Waals surface area contributed by atoms with Crippen LogP contribution in [0.5, 0.6) is 0 Å².